The molecule has 8 bridgehead atoms. The predicted molar refractivity (Wildman–Crippen MR) is 193 cm³/mol. The van der Waals surface area contributed by atoms with Crippen LogP contribution in [0.3, 0.4) is 0 Å². The first-order valence-electron chi connectivity index (χ1n) is 17.1. The topological polar surface area (TPSA) is 122 Å². The molecule has 49 heavy (non-hydrogen) atoms. The van der Waals surface area contributed by atoms with Crippen LogP contribution in [0.2, 0.25) is 0 Å². The van der Waals surface area contributed by atoms with E-state index in [9.17, 15) is 14.7 Å². The molecule has 9 heteroatoms. The lowest BCUT2D eigenvalue weighted by Crippen LogP contribution is -2.34. The van der Waals surface area contributed by atoms with Crippen LogP contribution >= 0.6 is 0 Å². The molecule has 2 N–H and O–H groups in total. The van der Waals surface area contributed by atoms with Gasteiger partial charge in [0.15, 0.2) is 0 Å². The van der Waals surface area contributed by atoms with Crippen LogP contribution in [0.15, 0.2) is 119 Å². The first-order chi connectivity index (χ1) is 23.3. The van der Waals surface area contributed by atoms with Crippen LogP contribution in [0.1, 0.15) is 74.1 Å². The molecule has 1 aliphatic carbocycles. The zero-order chi connectivity index (χ0) is 35.5. The smallest absolute Gasteiger partial charge is 0.321 e. The first kappa shape index (κ1) is 34.1. The Labute approximate surface area is 288 Å². The average molecular weight is 663 g/mol. The van der Waals surface area contributed by atoms with Crippen LogP contribution in [-0.4, -0.2) is 48.4 Å². The molecule has 9 nitrogen and oxygen atoms in total. The van der Waals surface area contributed by atoms with Gasteiger partial charge in [-0.3, -0.25) is 9.59 Å². The van der Waals surface area contributed by atoms with Gasteiger partial charge in [-0.05, 0) is 86.5 Å². The Hall–Kier alpha value is -4.79. The Morgan fingerprint density at radius 2 is 1.71 bits per heavy atom. The molecule has 0 spiro atoms. The summed E-state index contributed by atoms with van der Waals surface area (Å²) in [4.78, 5) is 41.7. The fourth-order valence-electron chi connectivity index (χ4n) is 8.36. The summed E-state index contributed by atoms with van der Waals surface area (Å²) in [6.45, 7) is 18.7. The number of carbonyl (C=O) groups is 2. The minimum atomic E-state index is -1.09. The molecule has 1 fully saturated rings. The molecule has 3 atom stereocenters. The summed E-state index contributed by atoms with van der Waals surface area (Å²) >= 11 is 0. The molecule has 0 aromatic rings. The van der Waals surface area contributed by atoms with Crippen molar-refractivity contribution in [1.29, 1.82) is 0 Å². The van der Waals surface area contributed by atoms with Crippen molar-refractivity contribution in [2.45, 2.75) is 74.1 Å². The fourth-order valence-corrected chi connectivity index (χ4v) is 8.36. The summed E-state index contributed by atoms with van der Waals surface area (Å²) in [7, 11) is 2.73. The molecule has 0 aromatic heterocycles. The van der Waals surface area contributed by atoms with E-state index in [4.69, 9.17) is 24.5 Å². The van der Waals surface area contributed by atoms with E-state index >= 15 is 0 Å². The maximum Gasteiger partial charge on any atom is 0.321 e. The summed E-state index contributed by atoms with van der Waals surface area (Å²) in [6.07, 6.45) is 10.0. The maximum atomic E-state index is 13.6. The van der Waals surface area contributed by atoms with Crippen LogP contribution in [0, 0.1) is 23.2 Å². The Morgan fingerprint density at radius 1 is 1.02 bits per heavy atom. The molecular weight excluding hydrogens is 616 g/mol. The lowest BCUT2D eigenvalue weighted by atomic mass is 9.66. The zero-order valence-corrected chi connectivity index (χ0v) is 30.0. The van der Waals surface area contributed by atoms with Crippen molar-refractivity contribution in [3.05, 3.63) is 104 Å². The van der Waals surface area contributed by atoms with Crippen LogP contribution in [0.5, 0.6) is 0 Å². The van der Waals surface area contributed by atoms with E-state index in [1.807, 2.05) is 32.1 Å². The summed E-state index contributed by atoms with van der Waals surface area (Å²) in [6, 6.07) is 0. The average Bonchev–Trinajstić information content (AvgIpc) is 3.80. The van der Waals surface area contributed by atoms with Gasteiger partial charge in [0.05, 0.1) is 48.4 Å². The fraction of sp³-hybridized carbons (Fsp3) is 0.425. The molecular formula is C40H46N4O5. The lowest BCUT2D eigenvalue weighted by Gasteiger charge is -2.37. The molecule has 0 radical (unpaired) electrons. The standard InChI is InChI=1S/C40H46N4O5/c1-11-24-20(5)26-15-29-23(8)40(18-19(3)4,14-13-32(45)48-9)38(44-29)34-35(39(47)49-10)37(46)33-22(7)28(43-36(33)34)17-31-25(12-2)21(6)27(42-31)16-30(24)41-26/h11,15-17,19,23,35,44,46H,1,12-14,18H2,2-10H3/t23-,35-,40-/m1/s1. The molecule has 1 saturated heterocycles. The van der Waals surface area contributed by atoms with Crippen LogP contribution in [0.25, 0.3) is 0 Å². The number of esters is 2. The van der Waals surface area contributed by atoms with Crippen molar-refractivity contribution in [3.8, 4) is 0 Å². The highest BCUT2D eigenvalue weighted by Gasteiger charge is 2.54. The number of nitrogens with one attached hydrogen (secondary N) is 1. The number of rotatable bonds is 8. The van der Waals surface area contributed by atoms with Gasteiger partial charge in [-0.1, -0.05) is 40.3 Å². The number of hydrogen-bond donors (Lipinski definition) is 2. The van der Waals surface area contributed by atoms with Crippen molar-refractivity contribution in [1.82, 2.24) is 5.32 Å². The van der Waals surface area contributed by atoms with Gasteiger partial charge >= 0.3 is 11.9 Å². The number of aliphatic hydroxyl groups is 1. The van der Waals surface area contributed by atoms with Crippen LogP contribution < -0.4 is 5.32 Å². The third-order valence-corrected chi connectivity index (χ3v) is 10.9. The van der Waals surface area contributed by atoms with Crippen molar-refractivity contribution in [2.24, 2.45) is 38.1 Å². The number of carbonyl (C=O) groups excluding carboxylic acids is 2. The molecule has 5 aliphatic heterocycles. The van der Waals surface area contributed by atoms with Gasteiger partial charge in [0.1, 0.15) is 11.7 Å². The van der Waals surface area contributed by atoms with Gasteiger partial charge in [-0.2, -0.15) is 0 Å². The number of nitrogens with zero attached hydrogens (tertiary/aromatic N) is 3. The van der Waals surface area contributed by atoms with Gasteiger partial charge in [-0.15, -0.1) is 0 Å². The van der Waals surface area contributed by atoms with Crippen molar-refractivity contribution < 1.29 is 24.2 Å². The summed E-state index contributed by atoms with van der Waals surface area (Å²) < 4.78 is 10.4. The summed E-state index contributed by atoms with van der Waals surface area (Å²) in [5.74, 6) is -1.97. The Kier molecular flexibility index (Phi) is 8.76. The van der Waals surface area contributed by atoms with Gasteiger partial charge in [0.2, 0.25) is 0 Å². The monoisotopic (exact) mass is 662 g/mol. The number of aliphatic imine (C=N–C) groups is 3. The second-order valence-corrected chi connectivity index (χ2v) is 14.0. The van der Waals surface area contributed by atoms with E-state index in [1.165, 1.54) is 14.2 Å². The third-order valence-electron chi connectivity index (χ3n) is 10.9. The summed E-state index contributed by atoms with van der Waals surface area (Å²) in [5.41, 5.74) is 11.4. The minimum Gasteiger partial charge on any atom is -0.510 e. The van der Waals surface area contributed by atoms with Crippen molar-refractivity contribution >= 4 is 29.1 Å². The van der Waals surface area contributed by atoms with Gasteiger partial charge in [0, 0.05) is 45.9 Å². The van der Waals surface area contributed by atoms with Crippen LogP contribution in [0.4, 0.5) is 0 Å². The number of fused-ring (bicyclic) bond motifs is 5. The number of methoxy groups -OCH3 is 2. The van der Waals surface area contributed by atoms with E-state index in [2.05, 4.69) is 52.6 Å². The number of allylic oxidation sites excluding steroid dienone is 11. The molecule has 5 heterocycles. The van der Waals surface area contributed by atoms with Crippen LogP contribution in [-0.2, 0) is 19.1 Å². The Bertz CT molecular complexity index is 1950. The van der Waals surface area contributed by atoms with Gasteiger partial charge in [0.25, 0.3) is 0 Å². The molecule has 256 valence electrons. The number of hydrogen-bond acceptors (Lipinski definition) is 9. The first-order valence-corrected chi connectivity index (χ1v) is 17.1. The highest BCUT2D eigenvalue weighted by molar-refractivity contribution is 6.24. The molecule has 0 aromatic carbocycles. The van der Waals surface area contributed by atoms with Gasteiger partial charge < -0.3 is 19.9 Å². The van der Waals surface area contributed by atoms with E-state index in [0.717, 1.165) is 68.5 Å². The van der Waals surface area contributed by atoms with Crippen molar-refractivity contribution in [3.63, 3.8) is 0 Å². The van der Waals surface area contributed by atoms with Gasteiger partial charge in [-0.25, -0.2) is 15.0 Å². The van der Waals surface area contributed by atoms with E-state index in [-0.39, 0.29) is 30.0 Å². The summed E-state index contributed by atoms with van der Waals surface area (Å²) in [5, 5.41) is 15.7. The lowest BCUT2D eigenvalue weighted by molar-refractivity contribution is -0.144. The second-order valence-electron chi connectivity index (χ2n) is 14.0. The maximum absolute atomic E-state index is 13.6. The van der Waals surface area contributed by atoms with E-state index in [1.54, 1.807) is 0 Å². The molecule has 6 aliphatic rings. The third kappa shape index (κ3) is 5.25. The second kappa shape index (κ2) is 12.6. The molecule has 0 unspecified atom stereocenters. The number of aliphatic hydroxyl groups excluding tert-OH is 1. The highest BCUT2D eigenvalue weighted by Crippen LogP contribution is 2.57. The Balaban J connectivity index is 1.73. The largest absolute Gasteiger partial charge is 0.510 e. The zero-order valence-electron chi connectivity index (χ0n) is 30.0. The normalized spacial score (nSPS) is 25.8. The molecule has 0 saturated carbocycles. The SMILES string of the molecule is C=CC1=C(C)C2=NC1=CC1=NC(=CC3=C(C)C4=C(O)[C@H](C(=O)OC)C(=C5NC(=C2)[C@@H](C)[C@@]5(CCC(=O)OC)CC(C)C)C4=N3)C(CC)=C1C. The quantitative estimate of drug-likeness (QED) is 0.258. The van der Waals surface area contributed by atoms with Crippen molar-refractivity contribution in [2.75, 3.05) is 14.2 Å². The Morgan fingerprint density at radius 3 is 2.35 bits per heavy atom. The molecule has 6 rings (SSSR count). The minimum absolute atomic E-state index is 0.0846. The highest BCUT2D eigenvalue weighted by atomic mass is 16.5. The van der Waals surface area contributed by atoms with E-state index in [0.29, 0.717) is 35.4 Å². The number of ether oxygens (including phenoxy) is 2. The molecule has 0 amide bonds. The predicted octanol–water partition coefficient (Wildman–Crippen LogP) is 7.61. The van der Waals surface area contributed by atoms with E-state index < -0.39 is 17.3 Å².